The number of benzene rings is 3. The van der Waals surface area contributed by atoms with Crippen LogP contribution in [-0.4, -0.2) is 34.6 Å². The van der Waals surface area contributed by atoms with E-state index in [2.05, 4.69) is 29.2 Å². The Morgan fingerprint density at radius 2 is 1.38 bits per heavy atom. The Hall–Kier alpha value is -2.86. The summed E-state index contributed by atoms with van der Waals surface area (Å²) in [5, 5.41) is 21.4. The lowest BCUT2D eigenvalue weighted by Gasteiger charge is -2.34. The van der Waals surface area contributed by atoms with Gasteiger partial charge in [-0.1, -0.05) is 66.7 Å². The topological polar surface area (TPSA) is 62.2 Å². The van der Waals surface area contributed by atoms with E-state index in [4.69, 9.17) is 9.47 Å². The molecule has 0 bridgehead atoms. The summed E-state index contributed by atoms with van der Waals surface area (Å²) in [6, 6.07) is 25.1. The molecule has 1 heterocycles. The first-order valence-corrected chi connectivity index (χ1v) is 9.75. The molecule has 0 saturated carbocycles. The third kappa shape index (κ3) is 4.59. The van der Waals surface area contributed by atoms with Gasteiger partial charge >= 0.3 is 0 Å². The predicted molar refractivity (Wildman–Crippen MR) is 111 cm³/mol. The Balaban J connectivity index is 1.61. The maximum absolute atomic E-state index is 11.1. The Labute approximate surface area is 170 Å². The molecule has 150 valence electrons. The summed E-state index contributed by atoms with van der Waals surface area (Å²) in [6.45, 7) is 1.24. The van der Waals surface area contributed by atoms with Crippen molar-refractivity contribution in [2.24, 2.45) is 0 Å². The molecule has 0 aliphatic carbocycles. The molecular formula is C24H25NO4. The van der Waals surface area contributed by atoms with Crippen LogP contribution in [0.5, 0.6) is 11.5 Å². The standard InChI is InChI=1S/C24H25NO4/c26-16-21(24(27)20-11-12-22-23(13-20)29-17-28-22)25(14-18-7-3-1-4-8-18)15-19-9-5-2-6-10-19/h1-13,21,24,26-27H,14-17H2/t21-,24+/m0/s1. The smallest absolute Gasteiger partial charge is 0.231 e. The fraction of sp³-hybridized carbons (Fsp3) is 0.250. The lowest BCUT2D eigenvalue weighted by molar-refractivity contribution is 0.00585. The highest BCUT2D eigenvalue weighted by molar-refractivity contribution is 5.45. The fourth-order valence-corrected chi connectivity index (χ4v) is 3.66. The molecular weight excluding hydrogens is 366 g/mol. The Morgan fingerprint density at radius 3 is 1.97 bits per heavy atom. The van der Waals surface area contributed by atoms with E-state index in [1.807, 2.05) is 42.5 Å². The number of nitrogens with zero attached hydrogens (tertiary/aromatic N) is 1. The zero-order chi connectivity index (χ0) is 20.1. The first-order valence-electron chi connectivity index (χ1n) is 9.75. The number of hydrogen-bond donors (Lipinski definition) is 2. The summed E-state index contributed by atoms with van der Waals surface area (Å²) < 4.78 is 10.8. The van der Waals surface area contributed by atoms with Crippen LogP contribution in [0.25, 0.3) is 0 Å². The number of ether oxygens (including phenoxy) is 2. The molecule has 0 unspecified atom stereocenters. The van der Waals surface area contributed by atoms with Crippen molar-refractivity contribution in [1.82, 2.24) is 4.90 Å². The van der Waals surface area contributed by atoms with Crippen molar-refractivity contribution in [1.29, 1.82) is 0 Å². The van der Waals surface area contributed by atoms with Gasteiger partial charge in [-0.2, -0.15) is 0 Å². The van der Waals surface area contributed by atoms with Crippen molar-refractivity contribution in [3.8, 4) is 11.5 Å². The molecule has 0 fully saturated rings. The van der Waals surface area contributed by atoms with Crippen LogP contribution in [0.4, 0.5) is 0 Å². The van der Waals surface area contributed by atoms with E-state index in [1.165, 1.54) is 0 Å². The van der Waals surface area contributed by atoms with Gasteiger partial charge in [-0.05, 0) is 28.8 Å². The molecule has 1 aliphatic heterocycles. The van der Waals surface area contributed by atoms with E-state index in [0.29, 0.717) is 30.2 Å². The molecule has 3 aromatic carbocycles. The van der Waals surface area contributed by atoms with Crippen LogP contribution in [0.3, 0.4) is 0 Å². The van der Waals surface area contributed by atoms with Gasteiger partial charge in [0.05, 0.1) is 18.8 Å². The number of aliphatic hydroxyl groups excluding tert-OH is 2. The maximum Gasteiger partial charge on any atom is 0.231 e. The molecule has 5 heteroatoms. The maximum atomic E-state index is 11.1. The average Bonchev–Trinajstić information content (AvgIpc) is 3.23. The molecule has 4 rings (SSSR count). The van der Waals surface area contributed by atoms with Gasteiger partial charge in [0.25, 0.3) is 0 Å². The van der Waals surface area contributed by atoms with E-state index >= 15 is 0 Å². The second kappa shape index (κ2) is 9.09. The van der Waals surface area contributed by atoms with Gasteiger partial charge < -0.3 is 19.7 Å². The fourth-order valence-electron chi connectivity index (χ4n) is 3.66. The van der Waals surface area contributed by atoms with E-state index in [1.54, 1.807) is 12.1 Å². The molecule has 2 atom stereocenters. The van der Waals surface area contributed by atoms with Gasteiger partial charge in [0.2, 0.25) is 6.79 Å². The summed E-state index contributed by atoms with van der Waals surface area (Å²) in [7, 11) is 0. The minimum atomic E-state index is -0.873. The highest BCUT2D eigenvalue weighted by Gasteiger charge is 2.28. The van der Waals surface area contributed by atoms with Gasteiger partial charge in [-0.15, -0.1) is 0 Å². The summed E-state index contributed by atoms with van der Waals surface area (Å²) >= 11 is 0. The van der Waals surface area contributed by atoms with Crippen molar-refractivity contribution in [2.45, 2.75) is 25.2 Å². The van der Waals surface area contributed by atoms with Gasteiger partial charge in [0.1, 0.15) is 0 Å². The molecule has 2 N–H and O–H groups in total. The third-order valence-corrected chi connectivity index (χ3v) is 5.22. The van der Waals surface area contributed by atoms with Crippen molar-refractivity contribution >= 4 is 0 Å². The summed E-state index contributed by atoms with van der Waals surface area (Å²) in [5.74, 6) is 1.29. The first-order chi connectivity index (χ1) is 14.2. The highest BCUT2D eigenvalue weighted by atomic mass is 16.7. The lowest BCUT2D eigenvalue weighted by atomic mass is 9.99. The van der Waals surface area contributed by atoms with Crippen LogP contribution in [0.1, 0.15) is 22.8 Å². The van der Waals surface area contributed by atoms with Crippen LogP contribution in [0.2, 0.25) is 0 Å². The van der Waals surface area contributed by atoms with E-state index in [-0.39, 0.29) is 13.4 Å². The molecule has 0 radical (unpaired) electrons. The van der Waals surface area contributed by atoms with Crippen LogP contribution in [0.15, 0.2) is 78.9 Å². The van der Waals surface area contributed by atoms with Crippen LogP contribution in [0, 0.1) is 0 Å². The second-order valence-electron chi connectivity index (χ2n) is 7.18. The van der Waals surface area contributed by atoms with Crippen LogP contribution < -0.4 is 9.47 Å². The molecule has 5 nitrogen and oxygen atoms in total. The summed E-state index contributed by atoms with van der Waals surface area (Å²) in [6.07, 6.45) is -0.873. The Morgan fingerprint density at radius 1 is 0.793 bits per heavy atom. The average molecular weight is 391 g/mol. The van der Waals surface area contributed by atoms with Gasteiger partial charge in [0.15, 0.2) is 11.5 Å². The molecule has 0 aromatic heterocycles. The number of rotatable bonds is 8. The highest BCUT2D eigenvalue weighted by Crippen LogP contribution is 2.35. The molecule has 0 spiro atoms. The van der Waals surface area contributed by atoms with E-state index in [9.17, 15) is 10.2 Å². The summed E-state index contributed by atoms with van der Waals surface area (Å²) in [4.78, 5) is 2.11. The monoisotopic (exact) mass is 391 g/mol. The van der Waals surface area contributed by atoms with Crippen molar-refractivity contribution in [3.63, 3.8) is 0 Å². The molecule has 0 amide bonds. The first kappa shape index (κ1) is 19.5. The van der Waals surface area contributed by atoms with Crippen molar-refractivity contribution in [3.05, 3.63) is 95.6 Å². The molecule has 29 heavy (non-hydrogen) atoms. The largest absolute Gasteiger partial charge is 0.454 e. The molecule has 0 saturated heterocycles. The van der Waals surface area contributed by atoms with Gasteiger partial charge in [-0.25, -0.2) is 0 Å². The quantitative estimate of drug-likeness (QED) is 0.615. The zero-order valence-electron chi connectivity index (χ0n) is 16.1. The second-order valence-corrected chi connectivity index (χ2v) is 7.18. The van der Waals surface area contributed by atoms with Crippen LogP contribution >= 0.6 is 0 Å². The minimum Gasteiger partial charge on any atom is -0.454 e. The number of fused-ring (bicyclic) bond motifs is 1. The Bertz CT molecular complexity index is 875. The normalized spacial score (nSPS) is 14.7. The third-order valence-electron chi connectivity index (χ3n) is 5.22. The van der Waals surface area contributed by atoms with E-state index in [0.717, 1.165) is 11.1 Å². The van der Waals surface area contributed by atoms with Gasteiger partial charge in [-0.3, -0.25) is 4.90 Å². The zero-order valence-corrected chi connectivity index (χ0v) is 16.1. The van der Waals surface area contributed by atoms with Crippen molar-refractivity contribution in [2.75, 3.05) is 13.4 Å². The predicted octanol–water partition coefficient (Wildman–Crippen LogP) is 3.51. The Kier molecular flexibility index (Phi) is 6.10. The van der Waals surface area contributed by atoms with Crippen molar-refractivity contribution < 1.29 is 19.7 Å². The van der Waals surface area contributed by atoms with Crippen LogP contribution in [-0.2, 0) is 13.1 Å². The van der Waals surface area contributed by atoms with E-state index < -0.39 is 12.1 Å². The minimum absolute atomic E-state index is 0.171. The molecule has 1 aliphatic rings. The number of aliphatic hydroxyl groups is 2. The lowest BCUT2D eigenvalue weighted by Crippen LogP contribution is -2.41. The SMILES string of the molecule is OC[C@@H]([C@H](O)c1ccc2c(c1)OCO2)N(Cc1ccccc1)Cc1ccccc1. The molecule has 3 aromatic rings. The number of hydrogen-bond acceptors (Lipinski definition) is 5. The van der Waals surface area contributed by atoms with Gasteiger partial charge in [0, 0.05) is 13.1 Å². The summed E-state index contributed by atoms with van der Waals surface area (Å²) in [5.41, 5.74) is 2.94.